The molecule has 0 nitrogen and oxygen atoms in total. The molecule has 2 radical (unpaired) electrons. The van der Waals surface area contributed by atoms with Crippen LogP contribution in [-0.4, -0.2) is 23.9 Å². The van der Waals surface area contributed by atoms with E-state index in [9.17, 15) is 0 Å². The predicted molar refractivity (Wildman–Crippen MR) is 49.8 cm³/mol. The molecule has 0 unspecified atom stereocenters. The molecule has 0 bridgehead atoms. The standard InChI is InChI=1S/C4H10.2BrH.Sn.2H/c1-3-4-2;;;;;/h3-4H2,1-2H3;2*1H;;;. The number of halogens is 2. The minimum atomic E-state index is 0. The normalized spacial score (nSPS) is 4.29. The Hall–Kier alpha value is 1.76. The van der Waals surface area contributed by atoms with E-state index in [0.717, 1.165) is 0 Å². The van der Waals surface area contributed by atoms with Crippen molar-refractivity contribution in [2.24, 2.45) is 0 Å². The molecule has 0 aromatic carbocycles. The van der Waals surface area contributed by atoms with E-state index < -0.39 is 0 Å². The molecular formula is C4H14Br2Sn. The van der Waals surface area contributed by atoms with Crippen LogP contribution in [0.2, 0.25) is 0 Å². The van der Waals surface area contributed by atoms with Gasteiger partial charge in [0.15, 0.2) is 0 Å². The van der Waals surface area contributed by atoms with Gasteiger partial charge in [0.05, 0.1) is 0 Å². The molecule has 7 heavy (non-hydrogen) atoms. The third-order valence-corrected chi connectivity index (χ3v) is 0.500. The summed E-state index contributed by atoms with van der Waals surface area (Å²) in [5.74, 6) is 0. The second kappa shape index (κ2) is 25.1. The van der Waals surface area contributed by atoms with Gasteiger partial charge < -0.3 is 0 Å². The van der Waals surface area contributed by atoms with Gasteiger partial charge >= 0.3 is 23.9 Å². The quantitative estimate of drug-likeness (QED) is 0.641. The van der Waals surface area contributed by atoms with Gasteiger partial charge in [-0.2, -0.15) is 0 Å². The molecule has 48 valence electrons. The summed E-state index contributed by atoms with van der Waals surface area (Å²) in [6.07, 6.45) is 2.64. The average molecular weight is 341 g/mol. The van der Waals surface area contributed by atoms with Crippen LogP contribution in [0.1, 0.15) is 26.7 Å². The fourth-order valence-corrected chi connectivity index (χ4v) is 0. The van der Waals surface area contributed by atoms with Crippen molar-refractivity contribution in [1.82, 2.24) is 0 Å². The van der Waals surface area contributed by atoms with Gasteiger partial charge in [-0.3, -0.25) is 0 Å². The van der Waals surface area contributed by atoms with Crippen molar-refractivity contribution in [2.45, 2.75) is 26.7 Å². The predicted octanol–water partition coefficient (Wildman–Crippen LogP) is 2.05. The molecule has 0 spiro atoms. The summed E-state index contributed by atoms with van der Waals surface area (Å²) in [5, 5.41) is 0. The SMILES string of the molecule is Br.Br.CCCC.[SnH2]. The molecule has 3 heteroatoms. The molecule has 0 amide bonds. The topological polar surface area (TPSA) is 0 Å². The Labute approximate surface area is 83.9 Å². The first kappa shape index (κ1) is 23.3. The van der Waals surface area contributed by atoms with E-state index in [1.54, 1.807) is 0 Å². The molecule has 0 aromatic heterocycles. The van der Waals surface area contributed by atoms with Crippen molar-refractivity contribution in [2.75, 3.05) is 0 Å². The van der Waals surface area contributed by atoms with Gasteiger partial charge in [0, 0.05) is 0 Å². The first-order chi connectivity index (χ1) is 1.91. The van der Waals surface area contributed by atoms with Crippen LogP contribution < -0.4 is 0 Å². The van der Waals surface area contributed by atoms with E-state index in [4.69, 9.17) is 0 Å². The van der Waals surface area contributed by atoms with Crippen LogP contribution in [0.4, 0.5) is 0 Å². The van der Waals surface area contributed by atoms with E-state index in [1.807, 2.05) is 0 Å². The van der Waals surface area contributed by atoms with Gasteiger partial charge in [-0.1, -0.05) is 26.7 Å². The molecule has 0 aliphatic carbocycles. The fourth-order valence-electron chi connectivity index (χ4n) is 0. The molecule has 0 fully saturated rings. The maximum atomic E-state index is 2.18. The monoisotopic (exact) mass is 340 g/mol. The molecule has 0 aliphatic rings. The van der Waals surface area contributed by atoms with Gasteiger partial charge in [-0.25, -0.2) is 0 Å². The van der Waals surface area contributed by atoms with Crippen LogP contribution >= 0.6 is 34.0 Å². The van der Waals surface area contributed by atoms with Gasteiger partial charge in [-0.05, 0) is 0 Å². The molecule has 0 aliphatic heterocycles. The fraction of sp³-hybridized carbons (Fsp3) is 1.00. The number of unbranched alkanes of at least 4 members (excludes halogenated alkanes) is 1. The number of hydrogen-bond donors (Lipinski definition) is 0. The molecule has 0 heterocycles. The van der Waals surface area contributed by atoms with Crippen molar-refractivity contribution < 1.29 is 0 Å². The Morgan fingerprint density at radius 1 is 0.857 bits per heavy atom. The summed E-state index contributed by atoms with van der Waals surface area (Å²) < 4.78 is 0. The summed E-state index contributed by atoms with van der Waals surface area (Å²) in [7, 11) is 0. The van der Waals surface area contributed by atoms with Crippen LogP contribution in [0.5, 0.6) is 0 Å². The second-order valence-electron chi connectivity index (χ2n) is 1.000. The molecular weight excluding hydrogens is 327 g/mol. The second-order valence-corrected chi connectivity index (χ2v) is 1.000. The summed E-state index contributed by atoms with van der Waals surface area (Å²) in [4.78, 5) is 0. The van der Waals surface area contributed by atoms with Gasteiger partial charge in [-0.15, -0.1) is 34.0 Å². The number of hydrogen-bond acceptors (Lipinski definition) is 0. The van der Waals surface area contributed by atoms with Crippen LogP contribution in [0.3, 0.4) is 0 Å². The van der Waals surface area contributed by atoms with Gasteiger partial charge in [0.1, 0.15) is 0 Å². The summed E-state index contributed by atoms with van der Waals surface area (Å²) in [6, 6.07) is 0. The van der Waals surface area contributed by atoms with Crippen LogP contribution in [0.25, 0.3) is 0 Å². The minimum absolute atomic E-state index is 0. The van der Waals surface area contributed by atoms with Gasteiger partial charge in [0.2, 0.25) is 0 Å². The van der Waals surface area contributed by atoms with E-state index in [0.29, 0.717) is 0 Å². The first-order valence-electron chi connectivity index (χ1n) is 1.91. The first-order valence-corrected chi connectivity index (χ1v) is 1.91. The maximum absolute atomic E-state index is 2.18. The van der Waals surface area contributed by atoms with E-state index in [2.05, 4.69) is 13.8 Å². The van der Waals surface area contributed by atoms with Crippen molar-refractivity contribution in [3.05, 3.63) is 0 Å². The van der Waals surface area contributed by atoms with Crippen LogP contribution in [-0.2, 0) is 0 Å². The Bertz CT molecular complexity index is 11.7. The Balaban J connectivity index is -0.0000000150. The Morgan fingerprint density at radius 3 is 1.00 bits per heavy atom. The molecule has 0 aromatic rings. The van der Waals surface area contributed by atoms with Crippen LogP contribution in [0.15, 0.2) is 0 Å². The average Bonchev–Trinajstić information content (AvgIpc) is 1.37. The molecule has 0 atom stereocenters. The zero-order valence-corrected chi connectivity index (χ0v) is 12.4. The van der Waals surface area contributed by atoms with Crippen molar-refractivity contribution >= 4 is 57.9 Å². The van der Waals surface area contributed by atoms with E-state index in [1.165, 1.54) is 12.8 Å². The molecule has 0 rings (SSSR count). The van der Waals surface area contributed by atoms with Crippen LogP contribution in [0, 0.1) is 0 Å². The third kappa shape index (κ3) is 33.8. The third-order valence-electron chi connectivity index (χ3n) is 0.500. The van der Waals surface area contributed by atoms with Crippen molar-refractivity contribution in [3.63, 3.8) is 0 Å². The van der Waals surface area contributed by atoms with Crippen molar-refractivity contribution in [1.29, 1.82) is 0 Å². The molecule has 0 saturated carbocycles. The number of rotatable bonds is 1. The Kier molecular flexibility index (Phi) is 83.4. The summed E-state index contributed by atoms with van der Waals surface area (Å²) in [6.45, 7) is 4.36. The van der Waals surface area contributed by atoms with E-state index >= 15 is 0 Å². The summed E-state index contributed by atoms with van der Waals surface area (Å²) >= 11 is 0. The zero-order chi connectivity index (χ0) is 3.41. The zero-order valence-electron chi connectivity index (χ0n) is 4.94. The summed E-state index contributed by atoms with van der Waals surface area (Å²) in [5.41, 5.74) is 0. The van der Waals surface area contributed by atoms with E-state index in [-0.39, 0.29) is 57.9 Å². The molecule has 0 saturated heterocycles. The van der Waals surface area contributed by atoms with Crippen molar-refractivity contribution in [3.8, 4) is 0 Å². The van der Waals surface area contributed by atoms with Gasteiger partial charge in [0.25, 0.3) is 0 Å². The Morgan fingerprint density at radius 2 is 1.00 bits per heavy atom. The molecule has 0 N–H and O–H groups in total.